The topological polar surface area (TPSA) is 37.3 Å². The van der Waals surface area contributed by atoms with Gasteiger partial charge < -0.3 is 5.11 Å². The van der Waals surface area contributed by atoms with Crippen LogP contribution in [0.5, 0.6) is 0 Å². The molecule has 1 saturated carbocycles. The highest BCUT2D eigenvalue weighted by Crippen LogP contribution is 2.46. The molecule has 2 aromatic rings. The summed E-state index contributed by atoms with van der Waals surface area (Å²) in [5.41, 5.74) is 3.76. The van der Waals surface area contributed by atoms with Gasteiger partial charge in [-0.2, -0.15) is 13.2 Å². The van der Waals surface area contributed by atoms with Gasteiger partial charge in [0.25, 0.3) is 0 Å². The van der Waals surface area contributed by atoms with Gasteiger partial charge in [0.2, 0.25) is 0 Å². The predicted octanol–water partition coefficient (Wildman–Crippen LogP) is 8.50. The molecule has 1 aliphatic rings. The van der Waals surface area contributed by atoms with Crippen molar-refractivity contribution in [3.63, 3.8) is 0 Å². The van der Waals surface area contributed by atoms with E-state index in [1.807, 2.05) is 52.8 Å². The number of alkyl halides is 3. The van der Waals surface area contributed by atoms with Gasteiger partial charge in [-0.05, 0) is 66.3 Å². The van der Waals surface area contributed by atoms with E-state index >= 15 is 0 Å². The third-order valence-corrected chi connectivity index (χ3v) is 5.62. The normalized spacial score (nSPS) is 18.2. The summed E-state index contributed by atoms with van der Waals surface area (Å²) < 4.78 is 39.0. The van der Waals surface area contributed by atoms with Crippen molar-refractivity contribution in [2.24, 2.45) is 5.92 Å². The first-order valence-corrected chi connectivity index (χ1v) is 11.3. The highest BCUT2D eigenvalue weighted by Gasteiger charge is 2.41. The van der Waals surface area contributed by atoms with Gasteiger partial charge in [0.15, 0.2) is 0 Å². The van der Waals surface area contributed by atoms with E-state index in [0.717, 1.165) is 23.1 Å². The van der Waals surface area contributed by atoms with Crippen molar-refractivity contribution in [1.82, 2.24) is 0 Å². The lowest BCUT2D eigenvalue weighted by atomic mass is 9.75. The van der Waals surface area contributed by atoms with Gasteiger partial charge in [0.1, 0.15) is 0 Å². The van der Waals surface area contributed by atoms with Crippen LogP contribution in [0.4, 0.5) is 13.2 Å². The maximum atomic E-state index is 13.0. The largest absolute Gasteiger partial charge is 0.478 e. The second-order valence-electron chi connectivity index (χ2n) is 7.18. The van der Waals surface area contributed by atoms with Crippen LogP contribution in [0.3, 0.4) is 0 Å². The molecule has 1 N–H and O–H groups in total. The molecule has 5 heteroatoms. The summed E-state index contributed by atoms with van der Waals surface area (Å²) in [6.45, 7) is 10.0. The molecule has 0 radical (unpaired) electrons. The van der Waals surface area contributed by atoms with E-state index in [-0.39, 0.29) is 24.3 Å². The summed E-state index contributed by atoms with van der Waals surface area (Å²) in [6, 6.07) is 12.7. The Kier molecular flexibility index (Phi) is 10.8. The molecule has 172 valence electrons. The van der Waals surface area contributed by atoms with Crippen LogP contribution < -0.4 is 0 Å². The Morgan fingerprint density at radius 3 is 2.03 bits per heavy atom. The molecule has 0 bridgehead atoms. The fourth-order valence-electron chi connectivity index (χ4n) is 4.20. The number of aromatic carboxylic acids is 1. The van der Waals surface area contributed by atoms with Crippen LogP contribution >= 0.6 is 0 Å². The van der Waals surface area contributed by atoms with Crippen LogP contribution in [0, 0.1) is 5.92 Å². The highest BCUT2D eigenvalue weighted by molar-refractivity contribution is 5.97. The van der Waals surface area contributed by atoms with Crippen molar-refractivity contribution in [2.75, 3.05) is 0 Å². The van der Waals surface area contributed by atoms with E-state index in [4.69, 9.17) is 0 Å². The number of halogens is 3. The number of carbonyl (C=O) groups is 1. The summed E-state index contributed by atoms with van der Waals surface area (Å²) >= 11 is 0. The van der Waals surface area contributed by atoms with E-state index in [0.29, 0.717) is 18.4 Å². The number of aryl methyl sites for hydroxylation is 1. The first kappa shape index (κ1) is 26.7. The maximum Gasteiger partial charge on any atom is 0.391 e. The molecule has 0 unspecified atom stereocenters. The van der Waals surface area contributed by atoms with Gasteiger partial charge in [-0.25, -0.2) is 4.79 Å². The summed E-state index contributed by atoms with van der Waals surface area (Å²) in [7, 11) is 0. The first-order chi connectivity index (χ1) is 14.8. The van der Waals surface area contributed by atoms with E-state index in [1.165, 1.54) is 0 Å². The average molecular weight is 437 g/mol. The number of carboxylic acids is 1. The molecule has 2 aromatic carbocycles. The van der Waals surface area contributed by atoms with Crippen LogP contribution in [-0.2, 0) is 6.42 Å². The highest BCUT2D eigenvalue weighted by atomic mass is 19.4. The minimum absolute atomic E-state index is 0.0203. The predicted molar refractivity (Wildman–Crippen MR) is 122 cm³/mol. The second-order valence-corrected chi connectivity index (χ2v) is 7.18. The Bertz CT molecular complexity index is 820. The number of benzene rings is 2. The van der Waals surface area contributed by atoms with Crippen LogP contribution in [0.2, 0.25) is 0 Å². The molecule has 0 amide bonds. The van der Waals surface area contributed by atoms with Gasteiger partial charge in [0.05, 0.1) is 11.5 Å². The van der Waals surface area contributed by atoms with Crippen molar-refractivity contribution in [3.8, 4) is 11.1 Å². The van der Waals surface area contributed by atoms with Crippen molar-refractivity contribution < 1.29 is 23.1 Å². The lowest BCUT2D eigenvalue weighted by Crippen LogP contribution is -2.27. The van der Waals surface area contributed by atoms with Crippen molar-refractivity contribution in [2.45, 2.75) is 78.8 Å². The van der Waals surface area contributed by atoms with Crippen molar-refractivity contribution in [3.05, 3.63) is 59.2 Å². The van der Waals surface area contributed by atoms with E-state index in [1.54, 1.807) is 24.3 Å². The molecule has 0 spiro atoms. The Morgan fingerprint density at radius 2 is 1.52 bits per heavy atom. The fourth-order valence-corrected chi connectivity index (χ4v) is 4.20. The van der Waals surface area contributed by atoms with Crippen LogP contribution in [0.1, 0.15) is 87.7 Å². The Balaban J connectivity index is 0.00000113. The zero-order valence-electron chi connectivity index (χ0n) is 19.2. The van der Waals surface area contributed by atoms with Gasteiger partial charge in [0, 0.05) is 0 Å². The Morgan fingerprint density at radius 1 is 0.935 bits per heavy atom. The summed E-state index contributed by atoms with van der Waals surface area (Å²) in [4.78, 5) is 11.7. The standard InChI is InChI=1S/C22H23F3O2.2C2H6/c1-2-14-6-5-9-17(15-10-12-16(13-11-15)22(23,24)25)20(14)18-7-3-4-8-19(18)21(26)27;2*1-2/h3-9,15-16H,2,10-13H2,1H3,(H,26,27);2*1-2H3. The third kappa shape index (κ3) is 6.59. The molecule has 3 rings (SSSR count). The smallest absolute Gasteiger partial charge is 0.391 e. The molecular weight excluding hydrogens is 401 g/mol. The number of rotatable bonds is 4. The van der Waals surface area contributed by atoms with Crippen molar-refractivity contribution >= 4 is 5.97 Å². The maximum absolute atomic E-state index is 13.0. The van der Waals surface area contributed by atoms with Crippen molar-refractivity contribution in [1.29, 1.82) is 0 Å². The van der Waals surface area contributed by atoms with Crippen LogP contribution in [-0.4, -0.2) is 17.3 Å². The summed E-state index contributed by atoms with van der Waals surface area (Å²) in [5, 5.41) is 9.59. The molecule has 31 heavy (non-hydrogen) atoms. The number of carboxylic acid groups (broad SMARTS) is 1. The second kappa shape index (κ2) is 12.5. The first-order valence-electron chi connectivity index (χ1n) is 11.3. The monoisotopic (exact) mass is 436 g/mol. The molecule has 0 saturated heterocycles. The Hall–Kier alpha value is -2.30. The quantitative estimate of drug-likeness (QED) is 0.521. The fraction of sp³-hybridized carbons (Fsp3) is 0.500. The van der Waals surface area contributed by atoms with Gasteiger partial charge >= 0.3 is 12.1 Å². The molecule has 0 heterocycles. The molecular formula is C26H35F3O2. The van der Waals surface area contributed by atoms with E-state index < -0.39 is 18.1 Å². The van der Waals surface area contributed by atoms with Gasteiger partial charge in [-0.3, -0.25) is 0 Å². The molecule has 2 nitrogen and oxygen atoms in total. The van der Waals surface area contributed by atoms with Crippen LogP contribution in [0.25, 0.3) is 11.1 Å². The minimum atomic E-state index is -4.13. The Labute approximate surface area is 184 Å². The zero-order chi connectivity index (χ0) is 23.6. The van der Waals surface area contributed by atoms with E-state index in [9.17, 15) is 23.1 Å². The van der Waals surface area contributed by atoms with Gasteiger partial charge in [-0.1, -0.05) is 71.0 Å². The molecule has 1 aliphatic carbocycles. The summed E-state index contributed by atoms with van der Waals surface area (Å²) in [5.74, 6) is -2.20. The lowest BCUT2D eigenvalue weighted by molar-refractivity contribution is -0.182. The van der Waals surface area contributed by atoms with E-state index in [2.05, 4.69) is 0 Å². The summed E-state index contributed by atoms with van der Waals surface area (Å²) in [6.07, 6.45) is -2.20. The molecule has 0 aliphatic heterocycles. The molecule has 1 fully saturated rings. The lowest BCUT2D eigenvalue weighted by Gasteiger charge is -2.32. The molecule has 0 aromatic heterocycles. The molecule has 0 atom stereocenters. The number of hydrogen-bond acceptors (Lipinski definition) is 1. The average Bonchev–Trinajstić information content (AvgIpc) is 2.80. The SMILES string of the molecule is CC.CC.CCc1cccc(C2CCC(C(F)(F)F)CC2)c1-c1ccccc1C(=O)O. The zero-order valence-corrected chi connectivity index (χ0v) is 19.2. The third-order valence-electron chi connectivity index (χ3n) is 5.62. The van der Waals surface area contributed by atoms with Crippen LogP contribution in [0.15, 0.2) is 42.5 Å². The minimum Gasteiger partial charge on any atom is -0.478 e. The number of hydrogen-bond donors (Lipinski definition) is 1. The van der Waals surface area contributed by atoms with Gasteiger partial charge in [-0.15, -0.1) is 0 Å².